The molecule has 0 aliphatic carbocycles. The van der Waals surface area contributed by atoms with Crippen molar-refractivity contribution in [2.45, 2.75) is 43.6 Å². The van der Waals surface area contributed by atoms with Crippen LogP contribution >= 0.6 is 11.8 Å². The van der Waals surface area contributed by atoms with Gasteiger partial charge in [-0.3, -0.25) is 0 Å². The number of rotatable bonds is 0. The second kappa shape index (κ2) is 3.81. The minimum Gasteiger partial charge on any atom is -0.444 e. The first kappa shape index (κ1) is 12.0. The van der Waals surface area contributed by atoms with E-state index in [0.29, 0.717) is 6.04 Å². The normalized spacial score (nSPS) is 28.0. The summed E-state index contributed by atoms with van der Waals surface area (Å²) in [6.07, 6.45) is 0.830. The van der Waals surface area contributed by atoms with Crippen LogP contribution in [-0.2, 0) is 4.74 Å². The van der Waals surface area contributed by atoms with E-state index in [2.05, 4.69) is 0 Å². The Morgan fingerprint density at radius 3 is 2.56 bits per heavy atom. The molecule has 0 unspecified atom stereocenters. The van der Waals surface area contributed by atoms with Crippen LogP contribution in [0.4, 0.5) is 4.79 Å². The average Bonchev–Trinajstić information content (AvgIpc) is 2.41. The van der Waals surface area contributed by atoms with Crippen molar-refractivity contribution in [3.63, 3.8) is 0 Å². The summed E-state index contributed by atoms with van der Waals surface area (Å²) in [5.74, 6) is 1.02. The number of nitrogens with two attached hydrogens (primary N) is 1. The van der Waals surface area contributed by atoms with Crippen LogP contribution in [0.2, 0.25) is 0 Å². The Morgan fingerprint density at radius 2 is 2.12 bits per heavy atom. The van der Waals surface area contributed by atoms with Crippen LogP contribution in [0, 0.1) is 0 Å². The molecule has 0 bridgehead atoms. The molecule has 5 heteroatoms. The van der Waals surface area contributed by atoms with E-state index < -0.39 is 5.60 Å². The summed E-state index contributed by atoms with van der Waals surface area (Å²) in [5.41, 5.74) is 5.48. The molecule has 1 atom stereocenters. The Bertz CT molecular complexity index is 295. The monoisotopic (exact) mass is 244 g/mol. The predicted octanol–water partition coefficient (Wildman–Crippen LogP) is 1.44. The molecule has 2 N–H and O–H groups in total. The molecule has 4 nitrogen and oxygen atoms in total. The van der Waals surface area contributed by atoms with Crippen molar-refractivity contribution in [3.05, 3.63) is 0 Å². The van der Waals surface area contributed by atoms with Crippen LogP contribution in [0.1, 0.15) is 27.2 Å². The number of carbonyl (C=O) groups excluding carboxylic acids is 1. The van der Waals surface area contributed by atoms with E-state index in [-0.39, 0.29) is 10.8 Å². The van der Waals surface area contributed by atoms with Gasteiger partial charge in [0.2, 0.25) is 0 Å². The Labute approximate surface area is 101 Å². The van der Waals surface area contributed by atoms with Crippen LogP contribution in [0.25, 0.3) is 0 Å². The molecule has 0 radical (unpaired) electrons. The zero-order valence-corrected chi connectivity index (χ0v) is 11.0. The number of amides is 1. The van der Waals surface area contributed by atoms with Gasteiger partial charge in [-0.25, -0.2) is 4.79 Å². The SMILES string of the molecule is CC(C)(C)OC(=O)N1CC2(C[C@@H](N)CS2)C1. The molecule has 0 aromatic carbocycles. The lowest BCUT2D eigenvalue weighted by Crippen LogP contribution is -2.61. The van der Waals surface area contributed by atoms with E-state index in [1.165, 1.54) is 0 Å². The summed E-state index contributed by atoms with van der Waals surface area (Å²) in [6.45, 7) is 7.25. The second-order valence-electron chi connectivity index (χ2n) is 5.79. The third-order valence-electron chi connectivity index (χ3n) is 2.85. The molecule has 2 rings (SSSR count). The highest BCUT2D eigenvalue weighted by Crippen LogP contribution is 2.44. The predicted molar refractivity (Wildman–Crippen MR) is 65.6 cm³/mol. The highest BCUT2D eigenvalue weighted by atomic mass is 32.2. The average molecular weight is 244 g/mol. The summed E-state index contributed by atoms with van der Waals surface area (Å²) in [4.78, 5) is 13.5. The standard InChI is InChI=1S/C11H20N2O2S/c1-10(2,3)15-9(14)13-6-11(7-13)4-8(12)5-16-11/h8H,4-7,12H2,1-3H3/t8-/m1/s1. The van der Waals surface area contributed by atoms with Crippen molar-refractivity contribution in [2.75, 3.05) is 18.8 Å². The lowest BCUT2D eigenvalue weighted by atomic mass is 9.93. The molecule has 1 amide bonds. The van der Waals surface area contributed by atoms with Crippen molar-refractivity contribution >= 4 is 17.9 Å². The second-order valence-corrected chi connectivity index (χ2v) is 7.28. The number of hydrogen-bond donors (Lipinski definition) is 1. The summed E-state index contributed by atoms with van der Waals surface area (Å²) in [7, 11) is 0. The smallest absolute Gasteiger partial charge is 0.410 e. The number of nitrogens with zero attached hydrogens (tertiary/aromatic N) is 1. The maximum Gasteiger partial charge on any atom is 0.410 e. The molecule has 2 aliphatic rings. The maximum absolute atomic E-state index is 11.7. The first-order chi connectivity index (χ1) is 7.30. The summed E-state index contributed by atoms with van der Waals surface area (Å²) in [6, 6.07) is 0.297. The van der Waals surface area contributed by atoms with Gasteiger partial charge in [0.25, 0.3) is 0 Å². The fourth-order valence-electron chi connectivity index (χ4n) is 2.20. The number of hydrogen-bond acceptors (Lipinski definition) is 4. The highest BCUT2D eigenvalue weighted by molar-refractivity contribution is 8.01. The zero-order valence-electron chi connectivity index (χ0n) is 10.2. The van der Waals surface area contributed by atoms with Gasteiger partial charge in [0, 0.05) is 24.9 Å². The molecule has 92 valence electrons. The zero-order chi connectivity index (χ0) is 12.0. The largest absolute Gasteiger partial charge is 0.444 e. The Morgan fingerprint density at radius 1 is 1.50 bits per heavy atom. The maximum atomic E-state index is 11.7. The lowest BCUT2D eigenvalue weighted by molar-refractivity contribution is 0.00413. The van der Waals surface area contributed by atoms with Crippen molar-refractivity contribution in [1.82, 2.24) is 4.90 Å². The Balaban J connectivity index is 1.82. The van der Waals surface area contributed by atoms with E-state index in [4.69, 9.17) is 10.5 Å². The lowest BCUT2D eigenvalue weighted by Gasteiger charge is -2.47. The molecule has 0 aromatic heterocycles. The van der Waals surface area contributed by atoms with E-state index in [1.807, 2.05) is 32.5 Å². The third-order valence-corrected chi connectivity index (χ3v) is 4.48. The van der Waals surface area contributed by atoms with Crippen LogP contribution in [-0.4, -0.2) is 46.2 Å². The molecule has 2 saturated heterocycles. The van der Waals surface area contributed by atoms with Gasteiger partial charge >= 0.3 is 6.09 Å². The molecule has 2 heterocycles. The number of likely N-dealkylation sites (tertiary alicyclic amines) is 1. The van der Waals surface area contributed by atoms with Gasteiger partial charge in [-0.1, -0.05) is 0 Å². The van der Waals surface area contributed by atoms with E-state index in [9.17, 15) is 4.79 Å². The van der Waals surface area contributed by atoms with Crippen LogP contribution < -0.4 is 5.73 Å². The van der Waals surface area contributed by atoms with Gasteiger partial charge < -0.3 is 15.4 Å². The van der Waals surface area contributed by atoms with E-state index in [1.54, 1.807) is 4.90 Å². The van der Waals surface area contributed by atoms with E-state index in [0.717, 1.165) is 25.3 Å². The van der Waals surface area contributed by atoms with Crippen LogP contribution in [0.15, 0.2) is 0 Å². The highest BCUT2D eigenvalue weighted by Gasteiger charge is 2.50. The molecule has 0 saturated carbocycles. The molecular weight excluding hydrogens is 224 g/mol. The molecule has 1 spiro atoms. The van der Waals surface area contributed by atoms with Crippen molar-refractivity contribution in [3.8, 4) is 0 Å². The van der Waals surface area contributed by atoms with Crippen molar-refractivity contribution < 1.29 is 9.53 Å². The van der Waals surface area contributed by atoms with Crippen molar-refractivity contribution in [2.24, 2.45) is 5.73 Å². The molecule has 16 heavy (non-hydrogen) atoms. The number of carbonyl (C=O) groups is 1. The fraction of sp³-hybridized carbons (Fsp3) is 0.909. The fourth-order valence-corrected chi connectivity index (χ4v) is 3.72. The minimum absolute atomic E-state index is 0.195. The third kappa shape index (κ3) is 2.46. The Hall–Kier alpha value is -0.420. The first-order valence-electron chi connectivity index (χ1n) is 5.67. The van der Waals surface area contributed by atoms with Crippen LogP contribution in [0.5, 0.6) is 0 Å². The first-order valence-corrected chi connectivity index (χ1v) is 6.66. The Kier molecular flexibility index (Phi) is 2.87. The number of ether oxygens (including phenoxy) is 1. The van der Waals surface area contributed by atoms with E-state index >= 15 is 0 Å². The number of thioether (sulfide) groups is 1. The van der Waals surface area contributed by atoms with Gasteiger partial charge in [-0.15, -0.1) is 11.8 Å². The topological polar surface area (TPSA) is 55.6 Å². The minimum atomic E-state index is -0.404. The van der Waals surface area contributed by atoms with Gasteiger partial charge in [-0.2, -0.15) is 0 Å². The molecule has 0 aromatic rings. The van der Waals surface area contributed by atoms with Gasteiger partial charge in [-0.05, 0) is 27.2 Å². The van der Waals surface area contributed by atoms with Gasteiger partial charge in [0.15, 0.2) is 0 Å². The van der Waals surface area contributed by atoms with Crippen LogP contribution in [0.3, 0.4) is 0 Å². The molecule has 2 fully saturated rings. The summed E-state index contributed by atoms with van der Waals surface area (Å²) < 4.78 is 5.55. The summed E-state index contributed by atoms with van der Waals surface area (Å²) in [5, 5.41) is 0. The van der Waals surface area contributed by atoms with Gasteiger partial charge in [0.05, 0.1) is 4.75 Å². The summed E-state index contributed by atoms with van der Waals surface area (Å²) >= 11 is 1.90. The molecule has 2 aliphatic heterocycles. The van der Waals surface area contributed by atoms with Crippen molar-refractivity contribution in [1.29, 1.82) is 0 Å². The van der Waals surface area contributed by atoms with Gasteiger partial charge in [0.1, 0.15) is 5.60 Å². The quantitative estimate of drug-likeness (QED) is 0.700. The molecular formula is C11H20N2O2S.